The molecule has 0 aliphatic carbocycles. The summed E-state index contributed by atoms with van der Waals surface area (Å²) in [5, 5.41) is 68.6. The SMILES string of the molecule is O=C(OC1OC(CO)C(O)C(O)C1O)c1c(O)cc(O)c2c(=O)c(-c3ccc(O)cc3)coc12. The highest BCUT2D eigenvalue weighted by atomic mass is 16.7. The summed E-state index contributed by atoms with van der Waals surface area (Å²) in [6, 6.07) is 6.25. The summed E-state index contributed by atoms with van der Waals surface area (Å²) in [7, 11) is 0. The number of phenols is 3. The van der Waals surface area contributed by atoms with Gasteiger partial charge in [-0.05, 0) is 17.7 Å². The largest absolute Gasteiger partial charge is 0.508 e. The molecule has 0 radical (unpaired) electrons. The highest BCUT2D eigenvalue weighted by Crippen LogP contribution is 2.35. The minimum Gasteiger partial charge on any atom is -0.508 e. The lowest BCUT2D eigenvalue weighted by molar-refractivity contribution is -0.285. The van der Waals surface area contributed by atoms with Crippen LogP contribution < -0.4 is 5.43 Å². The molecule has 0 amide bonds. The lowest BCUT2D eigenvalue weighted by Crippen LogP contribution is -2.59. The van der Waals surface area contributed by atoms with Crippen LogP contribution in [0.3, 0.4) is 0 Å². The first-order chi connectivity index (χ1) is 16.1. The van der Waals surface area contributed by atoms with Gasteiger partial charge in [-0.25, -0.2) is 4.79 Å². The number of fused-ring (bicyclic) bond motifs is 1. The standard InChI is InChI=1S/C22H20O12/c23-6-13-17(28)18(29)19(30)22(33-13)34-21(31)15-12(26)5-11(25)14-16(27)10(7-32-20(14)15)8-1-3-9(24)4-2-8/h1-5,7,13,17-19,22-26,28-30H,6H2. The molecule has 0 bridgehead atoms. The van der Waals surface area contributed by atoms with Gasteiger partial charge in [-0.1, -0.05) is 12.1 Å². The first-order valence-electron chi connectivity index (χ1n) is 9.95. The molecule has 1 aromatic heterocycles. The number of benzene rings is 2. The molecule has 0 saturated carbocycles. The van der Waals surface area contributed by atoms with E-state index >= 15 is 0 Å². The molecule has 2 heterocycles. The predicted molar refractivity (Wildman–Crippen MR) is 112 cm³/mol. The molecule has 3 aromatic rings. The minimum atomic E-state index is -1.90. The Hall–Kier alpha value is -3.68. The monoisotopic (exact) mass is 476 g/mol. The lowest BCUT2D eigenvalue weighted by Gasteiger charge is -2.39. The highest BCUT2D eigenvalue weighted by molar-refractivity contribution is 6.06. The summed E-state index contributed by atoms with van der Waals surface area (Å²) in [5.41, 5.74) is -1.64. The number of aliphatic hydroxyl groups is 4. The topological polar surface area (TPSA) is 207 Å². The van der Waals surface area contributed by atoms with Gasteiger partial charge in [0.25, 0.3) is 0 Å². The van der Waals surface area contributed by atoms with Gasteiger partial charge in [0.1, 0.15) is 58.9 Å². The molecule has 7 N–H and O–H groups in total. The van der Waals surface area contributed by atoms with Gasteiger partial charge in [0.05, 0.1) is 12.2 Å². The van der Waals surface area contributed by atoms with Crippen LogP contribution in [0.2, 0.25) is 0 Å². The van der Waals surface area contributed by atoms with Crippen molar-refractivity contribution in [3.05, 3.63) is 52.4 Å². The van der Waals surface area contributed by atoms with Crippen LogP contribution in [0.5, 0.6) is 17.2 Å². The molecule has 1 aliphatic rings. The number of carbonyl (C=O) groups excluding carboxylic acids is 1. The van der Waals surface area contributed by atoms with E-state index in [1.54, 1.807) is 0 Å². The second-order valence-corrected chi connectivity index (χ2v) is 7.62. The molecular formula is C22H20O12. The summed E-state index contributed by atoms with van der Waals surface area (Å²) in [6.45, 7) is -0.763. The number of rotatable bonds is 4. The van der Waals surface area contributed by atoms with Gasteiger partial charge in [-0.2, -0.15) is 0 Å². The number of hydrogen-bond acceptors (Lipinski definition) is 12. The van der Waals surface area contributed by atoms with Crippen molar-refractivity contribution in [2.45, 2.75) is 30.7 Å². The summed E-state index contributed by atoms with van der Waals surface area (Å²) in [6.07, 6.45) is -7.63. The van der Waals surface area contributed by atoms with Crippen LogP contribution in [0.25, 0.3) is 22.1 Å². The van der Waals surface area contributed by atoms with Crippen molar-refractivity contribution in [3.8, 4) is 28.4 Å². The Balaban J connectivity index is 1.75. The molecule has 5 atom stereocenters. The smallest absolute Gasteiger partial charge is 0.348 e. The van der Waals surface area contributed by atoms with Gasteiger partial charge in [-0.3, -0.25) is 4.79 Å². The van der Waals surface area contributed by atoms with Crippen molar-refractivity contribution in [3.63, 3.8) is 0 Å². The number of esters is 1. The fourth-order valence-electron chi connectivity index (χ4n) is 3.64. The third kappa shape index (κ3) is 3.93. The number of aliphatic hydroxyl groups excluding tert-OH is 4. The molecular weight excluding hydrogens is 456 g/mol. The first-order valence-corrected chi connectivity index (χ1v) is 9.95. The van der Waals surface area contributed by atoms with Crippen LogP contribution in [0.4, 0.5) is 0 Å². The molecule has 1 fully saturated rings. The van der Waals surface area contributed by atoms with Crippen molar-refractivity contribution in [2.24, 2.45) is 0 Å². The zero-order chi connectivity index (χ0) is 24.7. The zero-order valence-electron chi connectivity index (χ0n) is 17.2. The van der Waals surface area contributed by atoms with Gasteiger partial charge in [-0.15, -0.1) is 0 Å². The second-order valence-electron chi connectivity index (χ2n) is 7.62. The van der Waals surface area contributed by atoms with Gasteiger partial charge in [0.15, 0.2) is 5.58 Å². The molecule has 4 rings (SSSR count). The maximum Gasteiger partial charge on any atom is 0.348 e. The lowest BCUT2D eigenvalue weighted by atomic mass is 9.99. The molecule has 5 unspecified atom stereocenters. The number of ether oxygens (including phenoxy) is 2. The van der Waals surface area contributed by atoms with E-state index in [4.69, 9.17) is 13.9 Å². The quantitative estimate of drug-likeness (QED) is 0.239. The van der Waals surface area contributed by atoms with E-state index in [1.807, 2.05) is 0 Å². The van der Waals surface area contributed by atoms with E-state index in [2.05, 4.69) is 0 Å². The van der Waals surface area contributed by atoms with Crippen LogP contribution in [0.15, 0.2) is 45.8 Å². The van der Waals surface area contributed by atoms with E-state index in [0.29, 0.717) is 5.56 Å². The van der Waals surface area contributed by atoms with Crippen LogP contribution in [-0.2, 0) is 9.47 Å². The fourth-order valence-corrected chi connectivity index (χ4v) is 3.64. The molecule has 34 heavy (non-hydrogen) atoms. The summed E-state index contributed by atoms with van der Waals surface area (Å²) < 4.78 is 15.5. The van der Waals surface area contributed by atoms with Gasteiger partial charge in [0.2, 0.25) is 11.7 Å². The van der Waals surface area contributed by atoms with Gasteiger partial charge in [0, 0.05) is 6.07 Å². The highest BCUT2D eigenvalue weighted by Gasteiger charge is 2.45. The average molecular weight is 476 g/mol. The first kappa shape index (κ1) is 23.5. The van der Waals surface area contributed by atoms with Gasteiger partial charge < -0.3 is 49.6 Å². The maximum atomic E-state index is 13.1. The van der Waals surface area contributed by atoms with Gasteiger partial charge >= 0.3 is 5.97 Å². The fraction of sp³-hybridized carbons (Fsp3) is 0.273. The van der Waals surface area contributed by atoms with Crippen LogP contribution in [0, 0.1) is 0 Å². The second kappa shape index (κ2) is 8.93. The van der Waals surface area contributed by atoms with Crippen molar-refractivity contribution in [1.82, 2.24) is 0 Å². The molecule has 12 heteroatoms. The Bertz CT molecular complexity index is 1280. The van der Waals surface area contributed by atoms with Crippen molar-refractivity contribution >= 4 is 16.9 Å². The Kier molecular flexibility index (Phi) is 6.17. The summed E-state index contributed by atoms with van der Waals surface area (Å²) in [5.74, 6) is -2.90. The summed E-state index contributed by atoms with van der Waals surface area (Å²) >= 11 is 0. The third-order valence-corrected chi connectivity index (χ3v) is 5.46. The number of carbonyl (C=O) groups is 1. The van der Waals surface area contributed by atoms with Crippen LogP contribution >= 0.6 is 0 Å². The van der Waals surface area contributed by atoms with E-state index in [9.17, 15) is 45.3 Å². The molecule has 12 nitrogen and oxygen atoms in total. The van der Waals surface area contributed by atoms with Crippen LogP contribution in [-0.4, -0.2) is 79.0 Å². The average Bonchev–Trinajstić information content (AvgIpc) is 2.80. The van der Waals surface area contributed by atoms with Crippen LogP contribution in [0.1, 0.15) is 10.4 Å². The number of aromatic hydroxyl groups is 3. The Morgan fingerprint density at radius 2 is 1.65 bits per heavy atom. The van der Waals surface area contributed by atoms with E-state index < -0.39 is 76.7 Å². The normalized spacial score (nSPS) is 24.8. The molecule has 180 valence electrons. The maximum absolute atomic E-state index is 13.1. The Labute approximate surface area is 190 Å². The molecule has 0 spiro atoms. The molecule has 1 saturated heterocycles. The number of hydrogen-bond donors (Lipinski definition) is 7. The molecule has 1 aliphatic heterocycles. The van der Waals surface area contributed by atoms with Crippen molar-refractivity contribution in [1.29, 1.82) is 0 Å². The van der Waals surface area contributed by atoms with E-state index in [-0.39, 0.29) is 11.3 Å². The van der Waals surface area contributed by atoms with Crippen molar-refractivity contribution < 1.29 is 54.4 Å². The van der Waals surface area contributed by atoms with E-state index in [0.717, 1.165) is 12.3 Å². The minimum absolute atomic E-state index is 0.0123. The van der Waals surface area contributed by atoms with E-state index in [1.165, 1.54) is 24.3 Å². The Morgan fingerprint density at radius 3 is 2.29 bits per heavy atom. The zero-order valence-corrected chi connectivity index (χ0v) is 17.2. The third-order valence-electron chi connectivity index (χ3n) is 5.46. The summed E-state index contributed by atoms with van der Waals surface area (Å²) in [4.78, 5) is 25.9. The predicted octanol–water partition coefficient (Wildman–Crippen LogP) is -0.467. The Morgan fingerprint density at radius 1 is 0.971 bits per heavy atom. The number of phenolic OH excluding ortho intramolecular Hbond substituents is 3. The van der Waals surface area contributed by atoms with Crippen molar-refractivity contribution in [2.75, 3.05) is 6.61 Å². The molecule has 2 aromatic carbocycles.